The minimum atomic E-state index is -4.43. The molecule has 4 nitrogen and oxygen atoms in total. The van der Waals surface area contributed by atoms with E-state index < -0.39 is 11.2 Å². The highest BCUT2D eigenvalue weighted by Crippen LogP contribution is 2.32. The number of hydrogen-bond donors (Lipinski definition) is 1. The summed E-state index contributed by atoms with van der Waals surface area (Å²) in [5, 5.41) is 15.9. The van der Waals surface area contributed by atoms with Gasteiger partial charge in [0.05, 0.1) is 12.6 Å². The molecule has 1 aromatic heterocycles. The van der Waals surface area contributed by atoms with Gasteiger partial charge < -0.3 is 5.11 Å². The van der Waals surface area contributed by atoms with Gasteiger partial charge in [0.25, 0.3) is 0 Å². The van der Waals surface area contributed by atoms with Gasteiger partial charge in [0.15, 0.2) is 0 Å². The molecule has 0 bridgehead atoms. The molecule has 1 saturated heterocycles. The van der Waals surface area contributed by atoms with Crippen molar-refractivity contribution in [3.05, 3.63) is 10.0 Å². The molecule has 0 aromatic carbocycles. The van der Waals surface area contributed by atoms with Crippen LogP contribution < -0.4 is 0 Å². The Morgan fingerprint density at radius 3 is 2.32 bits per heavy atom. The molecule has 1 N–H and O–H groups in total. The molecule has 1 aliphatic heterocycles. The van der Waals surface area contributed by atoms with Crippen molar-refractivity contribution in [1.82, 2.24) is 15.1 Å². The fraction of sp³-hybridized carbons (Fsp3) is 0.818. The van der Waals surface area contributed by atoms with E-state index in [0.717, 1.165) is 0 Å². The van der Waals surface area contributed by atoms with Crippen molar-refractivity contribution in [1.29, 1.82) is 0 Å². The first kappa shape index (κ1) is 14.7. The number of likely N-dealkylation sites (tertiary alicyclic amines) is 1. The van der Waals surface area contributed by atoms with Crippen molar-refractivity contribution in [2.75, 3.05) is 0 Å². The lowest BCUT2D eigenvalue weighted by Gasteiger charge is -2.40. The van der Waals surface area contributed by atoms with Crippen LogP contribution in [0.15, 0.2) is 0 Å². The van der Waals surface area contributed by atoms with Gasteiger partial charge in [-0.2, -0.15) is 13.2 Å². The molecule has 2 atom stereocenters. The number of aliphatic hydroxyl groups is 1. The molecule has 1 aliphatic rings. The molecule has 0 aliphatic carbocycles. The molecule has 2 rings (SSSR count). The fourth-order valence-corrected chi connectivity index (χ4v) is 3.20. The smallest absolute Gasteiger partial charge is 0.393 e. The Hall–Kier alpha value is -0.730. The summed E-state index contributed by atoms with van der Waals surface area (Å²) in [5.41, 5.74) is 0. The van der Waals surface area contributed by atoms with E-state index in [4.69, 9.17) is 0 Å². The van der Waals surface area contributed by atoms with E-state index in [-0.39, 0.29) is 18.2 Å². The van der Waals surface area contributed by atoms with Crippen LogP contribution in [0.1, 0.15) is 36.7 Å². The summed E-state index contributed by atoms with van der Waals surface area (Å²) in [7, 11) is 0. The maximum Gasteiger partial charge on any atom is 0.445 e. The molecule has 1 fully saturated rings. The summed E-state index contributed by atoms with van der Waals surface area (Å²) in [6.45, 7) is 4.28. The molecule has 19 heavy (non-hydrogen) atoms. The molecule has 0 saturated carbocycles. The number of alkyl halides is 3. The highest BCUT2D eigenvalue weighted by molar-refractivity contribution is 7.11. The zero-order chi connectivity index (χ0) is 14.2. The fourth-order valence-electron chi connectivity index (χ4n) is 2.49. The van der Waals surface area contributed by atoms with Crippen LogP contribution in [0.4, 0.5) is 13.2 Å². The van der Waals surface area contributed by atoms with Crippen LogP contribution in [0, 0.1) is 0 Å². The summed E-state index contributed by atoms with van der Waals surface area (Å²) in [5.74, 6) is 0. The van der Waals surface area contributed by atoms with Crippen LogP contribution in [0.3, 0.4) is 0 Å². The lowest BCUT2D eigenvalue weighted by atomic mass is 9.95. The van der Waals surface area contributed by atoms with Gasteiger partial charge in [-0.25, -0.2) is 0 Å². The van der Waals surface area contributed by atoms with Crippen LogP contribution in [0.2, 0.25) is 0 Å². The van der Waals surface area contributed by atoms with Crippen molar-refractivity contribution in [2.45, 2.75) is 57.6 Å². The Bertz CT molecular complexity index is 425. The summed E-state index contributed by atoms with van der Waals surface area (Å²) >= 11 is 0.587. The molecule has 0 radical (unpaired) electrons. The van der Waals surface area contributed by atoms with Crippen molar-refractivity contribution < 1.29 is 18.3 Å². The molecule has 1 aromatic rings. The first-order chi connectivity index (χ1) is 8.77. The van der Waals surface area contributed by atoms with Gasteiger partial charge >= 0.3 is 6.18 Å². The summed E-state index contributed by atoms with van der Waals surface area (Å²) < 4.78 is 37.3. The highest BCUT2D eigenvalue weighted by atomic mass is 32.1. The first-order valence-corrected chi connectivity index (χ1v) is 6.92. The highest BCUT2D eigenvalue weighted by Gasteiger charge is 2.36. The maximum atomic E-state index is 12.4. The topological polar surface area (TPSA) is 49.2 Å². The van der Waals surface area contributed by atoms with Crippen molar-refractivity contribution in [3.8, 4) is 0 Å². The average Bonchev–Trinajstić information content (AvgIpc) is 2.71. The molecule has 2 heterocycles. The van der Waals surface area contributed by atoms with E-state index in [1.807, 2.05) is 13.8 Å². The Balaban J connectivity index is 2.06. The van der Waals surface area contributed by atoms with Gasteiger partial charge in [0.2, 0.25) is 5.01 Å². The Kier molecular flexibility index (Phi) is 4.12. The van der Waals surface area contributed by atoms with Gasteiger partial charge in [-0.05, 0) is 26.7 Å². The average molecular weight is 295 g/mol. The number of hydrogen-bond acceptors (Lipinski definition) is 5. The maximum absolute atomic E-state index is 12.4. The van der Waals surface area contributed by atoms with Gasteiger partial charge in [-0.3, -0.25) is 4.90 Å². The number of rotatable bonds is 2. The molecular weight excluding hydrogens is 279 g/mol. The largest absolute Gasteiger partial charge is 0.445 e. The number of aliphatic hydroxyl groups excluding tert-OH is 1. The molecule has 0 amide bonds. The summed E-state index contributed by atoms with van der Waals surface area (Å²) in [4.78, 5) is 2.06. The number of piperidine rings is 1. The summed E-state index contributed by atoms with van der Waals surface area (Å²) in [6, 6.07) is 0.244. The van der Waals surface area contributed by atoms with E-state index in [1.54, 1.807) is 0 Å². The van der Waals surface area contributed by atoms with E-state index in [2.05, 4.69) is 15.1 Å². The number of halogens is 3. The minimum Gasteiger partial charge on any atom is -0.393 e. The zero-order valence-electron chi connectivity index (χ0n) is 10.7. The van der Waals surface area contributed by atoms with Crippen molar-refractivity contribution in [2.24, 2.45) is 0 Å². The molecule has 2 unspecified atom stereocenters. The second-order valence-corrected chi connectivity index (χ2v) is 6.06. The second kappa shape index (κ2) is 5.34. The lowest BCUT2D eigenvalue weighted by Crippen LogP contribution is -2.47. The van der Waals surface area contributed by atoms with Crippen molar-refractivity contribution in [3.63, 3.8) is 0 Å². The minimum absolute atomic E-state index is 0.122. The van der Waals surface area contributed by atoms with Gasteiger partial charge in [0, 0.05) is 12.1 Å². The SMILES string of the molecule is CC1CC(O)CC(C)N1Cc1nnc(C(F)(F)F)s1. The monoisotopic (exact) mass is 295 g/mol. The normalized spacial score (nSPS) is 29.7. The van der Waals surface area contributed by atoms with Gasteiger partial charge in [-0.15, -0.1) is 10.2 Å². The second-order valence-electron chi connectivity index (χ2n) is 4.99. The van der Waals surface area contributed by atoms with Gasteiger partial charge in [0.1, 0.15) is 5.01 Å². The van der Waals surface area contributed by atoms with Crippen LogP contribution >= 0.6 is 11.3 Å². The van der Waals surface area contributed by atoms with E-state index in [0.29, 0.717) is 35.7 Å². The quantitative estimate of drug-likeness (QED) is 0.909. The summed E-state index contributed by atoms with van der Waals surface area (Å²) in [6.07, 6.45) is -3.49. The Labute approximate surface area is 113 Å². The number of nitrogens with zero attached hydrogens (tertiary/aromatic N) is 3. The van der Waals surface area contributed by atoms with Crippen LogP contribution in [-0.2, 0) is 12.7 Å². The van der Waals surface area contributed by atoms with Crippen molar-refractivity contribution >= 4 is 11.3 Å². The molecule has 8 heteroatoms. The lowest BCUT2D eigenvalue weighted by molar-refractivity contribution is -0.138. The van der Waals surface area contributed by atoms with E-state index in [1.165, 1.54) is 0 Å². The number of aromatic nitrogens is 2. The van der Waals surface area contributed by atoms with Gasteiger partial charge in [-0.1, -0.05) is 11.3 Å². The standard InChI is InChI=1S/C11H16F3N3OS/c1-6-3-8(18)4-7(2)17(6)5-9-15-16-10(19-9)11(12,13)14/h6-8,18H,3-5H2,1-2H3. The Morgan fingerprint density at radius 1 is 1.26 bits per heavy atom. The van der Waals surface area contributed by atoms with Crippen LogP contribution in [0.25, 0.3) is 0 Å². The zero-order valence-corrected chi connectivity index (χ0v) is 11.5. The predicted octanol–water partition coefficient (Wildman–Crippen LogP) is 2.29. The van der Waals surface area contributed by atoms with E-state index in [9.17, 15) is 18.3 Å². The van der Waals surface area contributed by atoms with Crippen LogP contribution in [0.5, 0.6) is 0 Å². The van der Waals surface area contributed by atoms with Crippen LogP contribution in [-0.4, -0.2) is 38.4 Å². The van der Waals surface area contributed by atoms with E-state index >= 15 is 0 Å². The first-order valence-electron chi connectivity index (χ1n) is 6.10. The third-order valence-electron chi connectivity index (χ3n) is 3.39. The molecule has 0 spiro atoms. The molecular formula is C11H16F3N3OS. The Morgan fingerprint density at radius 2 is 1.84 bits per heavy atom. The predicted molar refractivity (Wildman–Crippen MR) is 64.6 cm³/mol. The third-order valence-corrected chi connectivity index (χ3v) is 4.34. The molecule has 108 valence electrons. The third kappa shape index (κ3) is 3.43.